The SMILES string of the molecule is CCCC(Br)C(=O)n1c(COc2ccccc2)nc2ccccc21. The van der Waals surface area contributed by atoms with Gasteiger partial charge in [0.2, 0.25) is 5.91 Å². The molecule has 0 fully saturated rings. The van der Waals surface area contributed by atoms with Gasteiger partial charge >= 0.3 is 0 Å². The number of benzene rings is 2. The highest BCUT2D eigenvalue weighted by molar-refractivity contribution is 9.10. The minimum absolute atomic E-state index is 0.00258. The molecular formula is C19H19BrN2O2. The summed E-state index contributed by atoms with van der Waals surface area (Å²) in [5.74, 6) is 1.37. The second kappa shape index (κ2) is 7.62. The van der Waals surface area contributed by atoms with E-state index < -0.39 is 0 Å². The summed E-state index contributed by atoms with van der Waals surface area (Å²) in [5, 5.41) is 0. The zero-order valence-corrected chi connectivity index (χ0v) is 15.1. The number of carbonyl (C=O) groups is 1. The molecule has 0 saturated carbocycles. The first-order chi connectivity index (χ1) is 11.7. The highest BCUT2D eigenvalue weighted by Crippen LogP contribution is 2.21. The fourth-order valence-corrected chi connectivity index (χ4v) is 3.26. The Balaban J connectivity index is 1.94. The lowest BCUT2D eigenvalue weighted by Crippen LogP contribution is -2.24. The standard InChI is InChI=1S/C19H19BrN2O2/c1-2-8-15(20)19(23)22-17-12-7-6-11-16(17)21-18(22)13-24-14-9-4-3-5-10-14/h3-7,9-12,15H,2,8,13H2,1H3. The van der Waals surface area contributed by atoms with Crippen LogP contribution in [0.3, 0.4) is 0 Å². The first kappa shape index (κ1) is 16.7. The van der Waals surface area contributed by atoms with Crippen LogP contribution in [-0.4, -0.2) is 20.3 Å². The summed E-state index contributed by atoms with van der Waals surface area (Å²) in [5.41, 5.74) is 1.61. The summed E-state index contributed by atoms with van der Waals surface area (Å²) >= 11 is 3.50. The zero-order valence-electron chi connectivity index (χ0n) is 13.5. The van der Waals surface area contributed by atoms with Crippen molar-refractivity contribution in [3.8, 4) is 5.75 Å². The van der Waals surface area contributed by atoms with Crippen LogP contribution in [0.5, 0.6) is 5.75 Å². The predicted molar refractivity (Wildman–Crippen MR) is 98.8 cm³/mol. The van der Waals surface area contributed by atoms with E-state index in [0.29, 0.717) is 5.82 Å². The normalized spacial score (nSPS) is 12.2. The van der Waals surface area contributed by atoms with Crippen molar-refractivity contribution in [2.45, 2.75) is 31.2 Å². The maximum absolute atomic E-state index is 12.9. The lowest BCUT2D eigenvalue weighted by atomic mass is 10.2. The largest absolute Gasteiger partial charge is 0.486 e. The quantitative estimate of drug-likeness (QED) is 0.570. The zero-order chi connectivity index (χ0) is 16.9. The van der Waals surface area contributed by atoms with E-state index in [1.165, 1.54) is 0 Å². The van der Waals surface area contributed by atoms with Gasteiger partial charge in [0.1, 0.15) is 12.4 Å². The Morgan fingerprint density at radius 2 is 1.88 bits per heavy atom. The predicted octanol–water partition coefficient (Wildman–Crippen LogP) is 4.82. The summed E-state index contributed by atoms with van der Waals surface area (Å²) in [7, 11) is 0. The van der Waals surface area contributed by atoms with Crippen LogP contribution in [0.2, 0.25) is 0 Å². The van der Waals surface area contributed by atoms with Crippen molar-refractivity contribution in [1.82, 2.24) is 9.55 Å². The highest BCUT2D eigenvalue weighted by Gasteiger charge is 2.22. The summed E-state index contributed by atoms with van der Waals surface area (Å²) in [6.45, 7) is 2.31. The van der Waals surface area contributed by atoms with Gasteiger partial charge in [-0.05, 0) is 30.7 Å². The van der Waals surface area contributed by atoms with E-state index in [9.17, 15) is 4.79 Å². The number of alkyl halides is 1. The van der Waals surface area contributed by atoms with Crippen molar-refractivity contribution in [2.75, 3.05) is 0 Å². The molecule has 0 saturated heterocycles. The highest BCUT2D eigenvalue weighted by atomic mass is 79.9. The molecule has 0 spiro atoms. The molecule has 1 atom stereocenters. The van der Waals surface area contributed by atoms with E-state index in [2.05, 4.69) is 27.8 Å². The molecule has 4 nitrogen and oxygen atoms in total. The van der Waals surface area contributed by atoms with Gasteiger partial charge in [0.15, 0.2) is 5.82 Å². The molecule has 1 aromatic heterocycles. The van der Waals surface area contributed by atoms with Crippen molar-refractivity contribution in [3.63, 3.8) is 0 Å². The van der Waals surface area contributed by atoms with Gasteiger partial charge < -0.3 is 4.74 Å². The van der Waals surface area contributed by atoms with Gasteiger partial charge in [-0.15, -0.1) is 0 Å². The number of para-hydroxylation sites is 3. The Hall–Kier alpha value is -2.14. The third-order valence-electron chi connectivity index (χ3n) is 3.77. The lowest BCUT2D eigenvalue weighted by molar-refractivity contribution is 0.0905. The van der Waals surface area contributed by atoms with Crippen molar-refractivity contribution in [1.29, 1.82) is 0 Å². The Labute approximate surface area is 149 Å². The van der Waals surface area contributed by atoms with Crippen LogP contribution in [0.4, 0.5) is 0 Å². The van der Waals surface area contributed by atoms with Gasteiger partial charge in [-0.25, -0.2) is 4.98 Å². The lowest BCUT2D eigenvalue weighted by Gasteiger charge is -2.12. The van der Waals surface area contributed by atoms with Gasteiger partial charge in [0.05, 0.1) is 15.9 Å². The Bertz CT molecular complexity index is 830. The molecule has 24 heavy (non-hydrogen) atoms. The molecule has 0 aliphatic rings. The minimum Gasteiger partial charge on any atom is -0.486 e. The van der Waals surface area contributed by atoms with Crippen molar-refractivity contribution >= 4 is 32.9 Å². The molecule has 0 radical (unpaired) electrons. The van der Waals surface area contributed by atoms with Crippen LogP contribution in [0, 0.1) is 0 Å². The number of hydrogen-bond acceptors (Lipinski definition) is 3. The Kier molecular flexibility index (Phi) is 5.30. The molecular weight excluding hydrogens is 368 g/mol. The monoisotopic (exact) mass is 386 g/mol. The third kappa shape index (κ3) is 3.51. The molecule has 0 aliphatic carbocycles. The van der Waals surface area contributed by atoms with Crippen molar-refractivity contribution in [3.05, 3.63) is 60.4 Å². The van der Waals surface area contributed by atoms with Crippen molar-refractivity contribution < 1.29 is 9.53 Å². The topological polar surface area (TPSA) is 44.1 Å². The number of aromatic nitrogens is 2. The van der Waals surface area contributed by atoms with E-state index in [4.69, 9.17) is 4.74 Å². The van der Waals surface area contributed by atoms with E-state index in [-0.39, 0.29) is 17.3 Å². The molecule has 1 unspecified atom stereocenters. The Morgan fingerprint density at radius 1 is 1.17 bits per heavy atom. The maximum Gasteiger partial charge on any atom is 0.246 e. The average molecular weight is 387 g/mol. The number of ether oxygens (including phenoxy) is 1. The molecule has 3 aromatic rings. The second-order valence-electron chi connectivity index (χ2n) is 5.55. The van der Waals surface area contributed by atoms with Crippen LogP contribution in [-0.2, 0) is 6.61 Å². The molecule has 0 amide bonds. The summed E-state index contributed by atoms with van der Waals surface area (Å²) in [6.07, 6.45) is 1.72. The molecule has 0 bridgehead atoms. The average Bonchev–Trinajstić information content (AvgIpc) is 2.98. The van der Waals surface area contributed by atoms with E-state index in [1.54, 1.807) is 4.57 Å². The number of imidazole rings is 1. The van der Waals surface area contributed by atoms with Crippen LogP contribution in [0.15, 0.2) is 54.6 Å². The smallest absolute Gasteiger partial charge is 0.246 e. The van der Waals surface area contributed by atoms with Crippen LogP contribution in [0.25, 0.3) is 11.0 Å². The van der Waals surface area contributed by atoms with Crippen molar-refractivity contribution in [2.24, 2.45) is 0 Å². The molecule has 0 N–H and O–H groups in total. The minimum atomic E-state index is -0.226. The Morgan fingerprint density at radius 3 is 2.62 bits per heavy atom. The third-order valence-corrected chi connectivity index (χ3v) is 4.62. The number of rotatable bonds is 6. The maximum atomic E-state index is 12.9. The van der Waals surface area contributed by atoms with Gasteiger partial charge in [0, 0.05) is 0 Å². The van der Waals surface area contributed by atoms with Gasteiger partial charge in [-0.1, -0.05) is 59.6 Å². The van der Waals surface area contributed by atoms with Crippen LogP contribution >= 0.6 is 15.9 Å². The number of fused-ring (bicyclic) bond motifs is 1. The summed E-state index contributed by atoms with van der Waals surface area (Å²) in [4.78, 5) is 17.2. The van der Waals surface area contributed by atoms with E-state index >= 15 is 0 Å². The molecule has 3 rings (SSSR count). The number of halogens is 1. The molecule has 124 valence electrons. The number of carbonyl (C=O) groups excluding carboxylic acids is 1. The van der Waals surface area contributed by atoms with Gasteiger partial charge in [-0.3, -0.25) is 9.36 Å². The number of nitrogens with zero attached hydrogens (tertiary/aromatic N) is 2. The van der Waals surface area contributed by atoms with E-state index in [0.717, 1.165) is 29.6 Å². The van der Waals surface area contributed by atoms with Crippen LogP contribution in [0.1, 0.15) is 30.4 Å². The molecule has 5 heteroatoms. The first-order valence-electron chi connectivity index (χ1n) is 8.03. The van der Waals surface area contributed by atoms with Gasteiger partial charge in [-0.2, -0.15) is 0 Å². The van der Waals surface area contributed by atoms with Crippen LogP contribution < -0.4 is 4.74 Å². The first-order valence-corrected chi connectivity index (χ1v) is 8.94. The fraction of sp³-hybridized carbons (Fsp3) is 0.263. The van der Waals surface area contributed by atoms with Gasteiger partial charge in [0.25, 0.3) is 0 Å². The summed E-state index contributed by atoms with van der Waals surface area (Å²) < 4.78 is 7.48. The molecule has 0 aliphatic heterocycles. The second-order valence-corrected chi connectivity index (χ2v) is 6.65. The number of hydrogen-bond donors (Lipinski definition) is 0. The summed E-state index contributed by atoms with van der Waals surface area (Å²) in [6, 6.07) is 17.2. The molecule has 1 heterocycles. The fourth-order valence-electron chi connectivity index (χ4n) is 2.60. The molecule has 2 aromatic carbocycles. The van der Waals surface area contributed by atoms with E-state index in [1.807, 2.05) is 54.6 Å².